The monoisotopic (exact) mass is 345 g/mol. The first kappa shape index (κ1) is 16.4. The van der Waals surface area contributed by atoms with Gasteiger partial charge in [0.05, 0.1) is 17.2 Å². The van der Waals surface area contributed by atoms with Crippen LogP contribution in [-0.4, -0.2) is 37.7 Å². The van der Waals surface area contributed by atoms with Crippen LogP contribution in [0.25, 0.3) is 10.8 Å². The van der Waals surface area contributed by atoms with Gasteiger partial charge in [-0.1, -0.05) is 36.4 Å². The van der Waals surface area contributed by atoms with Crippen molar-refractivity contribution in [2.45, 2.75) is 19.4 Å². The summed E-state index contributed by atoms with van der Waals surface area (Å²) in [5.74, 6) is 0.116. The standard InChI is InChI=1S/C17H19N3O3S/c1-12(14-7-6-13-4-2-3-5-15(13)10-14)19-20-17(21)18-16-8-9-24(22,23)11-16/h2-7,10,16H,8-9,11H2,1H3,(H2,18,20,21)/b19-12+. The highest BCUT2D eigenvalue weighted by atomic mass is 32.2. The summed E-state index contributed by atoms with van der Waals surface area (Å²) in [5, 5.41) is 8.96. The Morgan fingerprint density at radius 2 is 1.92 bits per heavy atom. The Kier molecular flexibility index (Phi) is 4.53. The Labute approximate surface area is 140 Å². The van der Waals surface area contributed by atoms with Gasteiger partial charge in [0.1, 0.15) is 0 Å². The number of carbonyl (C=O) groups is 1. The van der Waals surface area contributed by atoms with E-state index in [9.17, 15) is 13.2 Å². The number of hydrazone groups is 1. The average Bonchev–Trinajstić information content (AvgIpc) is 2.90. The number of nitrogens with zero attached hydrogens (tertiary/aromatic N) is 1. The van der Waals surface area contributed by atoms with Crippen LogP contribution in [0.4, 0.5) is 4.79 Å². The zero-order valence-electron chi connectivity index (χ0n) is 13.3. The molecule has 1 fully saturated rings. The quantitative estimate of drug-likeness (QED) is 0.659. The van der Waals surface area contributed by atoms with E-state index in [4.69, 9.17) is 0 Å². The Balaban J connectivity index is 1.63. The fraction of sp³-hybridized carbons (Fsp3) is 0.294. The summed E-state index contributed by atoms with van der Waals surface area (Å²) >= 11 is 0. The number of hydrogen-bond acceptors (Lipinski definition) is 4. The molecule has 1 unspecified atom stereocenters. The number of benzene rings is 2. The number of nitrogens with one attached hydrogen (secondary N) is 2. The maximum absolute atomic E-state index is 11.8. The number of fused-ring (bicyclic) bond motifs is 1. The molecule has 2 N–H and O–H groups in total. The molecule has 2 amide bonds. The molecule has 6 nitrogen and oxygen atoms in total. The highest BCUT2D eigenvalue weighted by Crippen LogP contribution is 2.16. The molecule has 126 valence electrons. The van der Waals surface area contributed by atoms with Crippen molar-refractivity contribution in [1.29, 1.82) is 0 Å². The van der Waals surface area contributed by atoms with Crippen molar-refractivity contribution in [3.05, 3.63) is 48.0 Å². The van der Waals surface area contributed by atoms with Gasteiger partial charge in [-0.2, -0.15) is 5.10 Å². The first-order valence-electron chi connectivity index (χ1n) is 7.73. The number of hydrogen-bond donors (Lipinski definition) is 2. The topological polar surface area (TPSA) is 87.6 Å². The van der Waals surface area contributed by atoms with E-state index < -0.39 is 15.9 Å². The molecule has 0 aliphatic carbocycles. The third-order valence-corrected chi connectivity index (χ3v) is 5.83. The lowest BCUT2D eigenvalue weighted by atomic mass is 10.0. The van der Waals surface area contributed by atoms with Crippen molar-refractivity contribution in [2.24, 2.45) is 5.10 Å². The molecule has 1 atom stereocenters. The molecular weight excluding hydrogens is 326 g/mol. The Bertz CT molecular complexity index is 906. The number of rotatable bonds is 3. The molecule has 0 spiro atoms. The Morgan fingerprint density at radius 3 is 2.62 bits per heavy atom. The fourth-order valence-corrected chi connectivity index (χ4v) is 4.41. The van der Waals surface area contributed by atoms with Gasteiger partial charge >= 0.3 is 6.03 Å². The summed E-state index contributed by atoms with van der Waals surface area (Å²) < 4.78 is 22.8. The van der Waals surface area contributed by atoms with Crippen LogP contribution in [0.15, 0.2) is 47.6 Å². The Morgan fingerprint density at radius 1 is 1.17 bits per heavy atom. The molecule has 1 heterocycles. The van der Waals surface area contributed by atoms with Gasteiger partial charge in [-0.15, -0.1) is 0 Å². The molecule has 1 aliphatic rings. The van der Waals surface area contributed by atoms with Crippen LogP contribution < -0.4 is 10.7 Å². The molecule has 1 saturated heterocycles. The lowest BCUT2D eigenvalue weighted by molar-refractivity contribution is 0.238. The number of urea groups is 1. The zero-order chi connectivity index (χ0) is 17.2. The van der Waals surface area contributed by atoms with Crippen molar-refractivity contribution in [1.82, 2.24) is 10.7 Å². The van der Waals surface area contributed by atoms with E-state index in [-0.39, 0.29) is 17.5 Å². The number of carbonyl (C=O) groups excluding carboxylic acids is 1. The Hall–Kier alpha value is -2.41. The van der Waals surface area contributed by atoms with Crippen LogP contribution in [0, 0.1) is 0 Å². The predicted molar refractivity (Wildman–Crippen MR) is 94.9 cm³/mol. The van der Waals surface area contributed by atoms with E-state index in [1.54, 1.807) is 0 Å². The van der Waals surface area contributed by atoms with Crippen LogP contribution in [0.3, 0.4) is 0 Å². The van der Waals surface area contributed by atoms with Gasteiger partial charge in [-0.3, -0.25) is 0 Å². The van der Waals surface area contributed by atoms with Crippen LogP contribution in [0.2, 0.25) is 0 Å². The summed E-state index contributed by atoms with van der Waals surface area (Å²) in [6, 6.07) is 13.1. The van der Waals surface area contributed by atoms with E-state index >= 15 is 0 Å². The molecule has 1 aliphatic heterocycles. The van der Waals surface area contributed by atoms with E-state index in [2.05, 4.69) is 15.8 Å². The maximum Gasteiger partial charge on any atom is 0.335 e. The molecule has 0 bridgehead atoms. The van der Waals surface area contributed by atoms with E-state index in [0.717, 1.165) is 16.3 Å². The molecule has 2 aromatic rings. The molecule has 3 rings (SSSR count). The van der Waals surface area contributed by atoms with Crippen molar-refractivity contribution in [3.8, 4) is 0 Å². The molecule has 0 aromatic heterocycles. The smallest absolute Gasteiger partial charge is 0.333 e. The van der Waals surface area contributed by atoms with Crippen LogP contribution in [0.1, 0.15) is 18.9 Å². The second kappa shape index (κ2) is 6.60. The van der Waals surface area contributed by atoms with E-state index in [1.165, 1.54) is 0 Å². The maximum atomic E-state index is 11.8. The van der Waals surface area contributed by atoms with Crippen LogP contribution >= 0.6 is 0 Å². The SMILES string of the molecule is C/C(=N\NC(=O)NC1CCS(=O)(=O)C1)c1ccc2ccccc2c1. The second-order valence-electron chi connectivity index (χ2n) is 5.94. The molecule has 7 heteroatoms. The van der Waals surface area contributed by atoms with Gasteiger partial charge < -0.3 is 5.32 Å². The van der Waals surface area contributed by atoms with Crippen molar-refractivity contribution in [2.75, 3.05) is 11.5 Å². The van der Waals surface area contributed by atoms with Crippen LogP contribution in [-0.2, 0) is 9.84 Å². The lowest BCUT2D eigenvalue weighted by Crippen LogP contribution is -2.41. The molecular formula is C17H19N3O3S. The van der Waals surface area contributed by atoms with Crippen molar-refractivity contribution >= 4 is 32.4 Å². The first-order chi connectivity index (χ1) is 11.4. The molecule has 2 aromatic carbocycles. The summed E-state index contributed by atoms with van der Waals surface area (Å²) in [7, 11) is -3.01. The second-order valence-corrected chi connectivity index (χ2v) is 8.17. The van der Waals surface area contributed by atoms with Crippen LogP contribution in [0.5, 0.6) is 0 Å². The van der Waals surface area contributed by atoms with Gasteiger partial charge in [-0.25, -0.2) is 18.6 Å². The van der Waals surface area contributed by atoms with Gasteiger partial charge in [-0.05, 0) is 35.7 Å². The molecule has 0 radical (unpaired) electrons. The summed E-state index contributed by atoms with van der Waals surface area (Å²) in [6.07, 6.45) is 0.448. The molecule has 24 heavy (non-hydrogen) atoms. The van der Waals surface area contributed by atoms with Gasteiger partial charge in [0, 0.05) is 6.04 Å². The van der Waals surface area contributed by atoms with Gasteiger partial charge in [0.15, 0.2) is 9.84 Å². The largest absolute Gasteiger partial charge is 0.335 e. The van der Waals surface area contributed by atoms with Gasteiger partial charge in [0.25, 0.3) is 0 Å². The van der Waals surface area contributed by atoms with Crippen molar-refractivity contribution in [3.63, 3.8) is 0 Å². The van der Waals surface area contributed by atoms with Gasteiger partial charge in [0.2, 0.25) is 0 Å². The lowest BCUT2D eigenvalue weighted by Gasteiger charge is -2.10. The zero-order valence-corrected chi connectivity index (χ0v) is 14.1. The summed E-state index contributed by atoms with van der Waals surface area (Å²) in [6.45, 7) is 1.81. The minimum atomic E-state index is -3.01. The van der Waals surface area contributed by atoms with E-state index in [0.29, 0.717) is 12.1 Å². The normalized spacial score (nSPS) is 20.0. The minimum absolute atomic E-state index is 0.00616. The first-order valence-corrected chi connectivity index (χ1v) is 9.55. The summed E-state index contributed by atoms with van der Waals surface area (Å²) in [5.41, 5.74) is 4.02. The molecule has 0 saturated carbocycles. The highest BCUT2D eigenvalue weighted by Gasteiger charge is 2.28. The number of amides is 2. The average molecular weight is 345 g/mol. The fourth-order valence-electron chi connectivity index (χ4n) is 2.74. The predicted octanol–water partition coefficient (Wildman–Crippen LogP) is 2.05. The highest BCUT2D eigenvalue weighted by molar-refractivity contribution is 7.91. The van der Waals surface area contributed by atoms with E-state index in [1.807, 2.05) is 49.4 Å². The van der Waals surface area contributed by atoms with Crippen molar-refractivity contribution < 1.29 is 13.2 Å². The minimum Gasteiger partial charge on any atom is -0.333 e. The third kappa shape index (κ3) is 3.91. The third-order valence-electron chi connectivity index (χ3n) is 4.06. The summed E-state index contributed by atoms with van der Waals surface area (Å²) in [4.78, 5) is 11.8. The number of sulfone groups is 1.